The van der Waals surface area contributed by atoms with Gasteiger partial charge in [-0.05, 0) is 37.6 Å². The van der Waals surface area contributed by atoms with Crippen LogP contribution in [0.4, 0.5) is 13.2 Å². The summed E-state index contributed by atoms with van der Waals surface area (Å²) < 4.78 is 43.1. The fourth-order valence-corrected chi connectivity index (χ4v) is 2.65. The van der Waals surface area contributed by atoms with Crippen molar-refractivity contribution in [2.24, 2.45) is 4.99 Å². The predicted molar refractivity (Wildman–Crippen MR) is 96.1 cm³/mol. The molecule has 1 aromatic carbocycles. The molecule has 146 valence electrons. The molecule has 0 aromatic heterocycles. The molecule has 0 aliphatic carbocycles. The Morgan fingerprint density at radius 2 is 1.85 bits per heavy atom. The number of aliphatic imine (C=N–C) groups is 1. The molecule has 2 rings (SSSR count). The van der Waals surface area contributed by atoms with E-state index in [1.54, 1.807) is 0 Å². The van der Waals surface area contributed by atoms with Crippen LogP contribution >= 0.6 is 0 Å². The van der Waals surface area contributed by atoms with Gasteiger partial charge in [-0.3, -0.25) is 4.90 Å². The molecule has 0 bridgehead atoms. The smallest absolute Gasteiger partial charge is 0.379 e. The van der Waals surface area contributed by atoms with Gasteiger partial charge in [-0.1, -0.05) is 12.1 Å². The first kappa shape index (κ1) is 20.5. The maximum absolute atomic E-state index is 12.6. The minimum atomic E-state index is -4.31. The van der Waals surface area contributed by atoms with E-state index in [1.807, 2.05) is 6.92 Å². The van der Waals surface area contributed by atoms with E-state index in [9.17, 15) is 13.2 Å². The number of rotatable bonds is 7. The van der Waals surface area contributed by atoms with Crippen LogP contribution in [0, 0.1) is 0 Å². The fraction of sp³-hybridized carbons (Fsp3) is 0.611. The van der Waals surface area contributed by atoms with E-state index >= 15 is 0 Å². The minimum absolute atomic E-state index is 0.330. The number of halogens is 3. The average molecular weight is 372 g/mol. The van der Waals surface area contributed by atoms with Gasteiger partial charge in [-0.25, -0.2) is 4.99 Å². The summed E-state index contributed by atoms with van der Waals surface area (Å²) in [5.74, 6) is 0.675. The third-order valence-corrected chi connectivity index (χ3v) is 4.09. The Labute approximate surface area is 152 Å². The monoisotopic (exact) mass is 372 g/mol. The number of guanidine groups is 1. The molecule has 0 unspecified atom stereocenters. The summed E-state index contributed by atoms with van der Waals surface area (Å²) in [5.41, 5.74) is 0.0990. The van der Waals surface area contributed by atoms with E-state index in [-0.39, 0.29) is 0 Å². The van der Waals surface area contributed by atoms with Crippen LogP contribution in [-0.2, 0) is 17.5 Å². The molecule has 1 fully saturated rings. The lowest BCUT2D eigenvalue weighted by Crippen LogP contribution is -2.40. The molecular formula is C18H27F3N4O. The van der Waals surface area contributed by atoms with Crippen LogP contribution in [-0.4, -0.2) is 56.8 Å². The van der Waals surface area contributed by atoms with Crippen molar-refractivity contribution in [1.29, 1.82) is 0 Å². The topological polar surface area (TPSA) is 48.9 Å². The summed E-state index contributed by atoms with van der Waals surface area (Å²) in [5, 5.41) is 6.42. The van der Waals surface area contributed by atoms with Crippen LogP contribution in [0.25, 0.3) is 0 Å². The van der Waals surface area contributed by atoms with Crippen molar-refractivity contribution in [3.8, 4) is 0 Å². The van der Waals surface area contributed by atoms with Crippen LogP contribution < -0.4 is 10.6 Å². The zero-order valence-corrected chi connectivity index (χ0v) is 15.1. The normalized spacial score (nSPS) is 16.5. The largest absolute Gasteiger partial charge is 0.416 e. The molecule has 0 saturated carbocycles. The predicted octanol–water partition coefficient (Wildman–Crippen LogP) is 2.48. The molecule has 26 heavy (non-hydrogen) atoms. The first-order valence-corrected chi connectivity index (χ1v) is 8.97. The Bertz CT molecular complexity index is 555. The Balaban J connectivity index is 1.78. The molecule has 1 aliphatic heterocycles. The van der Waals surface area contributed by atoms with Crippen LogP contribution in [0.3, 0.4) is 0 Å². The number of alkyl halides is 3. The van der Waals surface area contributed by atoms with Gasteiger partial charge in [0.15, 0.2) is 5.96 Å². The lowest BCUT2D eigenvalue weighted by atomic mass is 10.1. The molecule has 0 spiro atoms. The number of hydrogen-bond acceptors (Lipinski definition) is 3. The van der Waals surface area contributed by atoms with Crippen molar-refractivity contribution in [3.05, 3.63) is 35.4 Å². The van der Waals surface area contributed by atoms with Crippen LogP contribution in [0.5, 0.6) is 0 Å². The Morgan fingerprint density at radius 3 is 2.46 bits per heavy atom. The third-order valence-electron chi connectivity index (χ3n) is 4.09. The first-order valence-electron chi connectivity index (χ1n) is 8.97. The van der Waals surface area contributed by atoms with Gasteiger partial charge in [0.25, 0.3) is 0 Å². The zero-order chi connectivity index (χ0) is 18.8. The van der Waals surface area contributed by atoms with E-state index in [1.165, 1.54) is 12.1 Å². The minimum Gasteiger partial charge on any atom is -0.379 e. The Morgan fingerprint density at radius 1 is 1.15 bits per heavy atom. The summed E-state index contributed by atoms with van der Waals surface area (Å²) >= 11 is 0. The van der Waals surface area contributed by atoms with Crippen molar-refractivity contribution in [1.82, 2.24) is 15.5 Å². The number of benzene rings is 1. The molecule has 0 atom stereocenters. The molecule has 2 N–H and O–H groups in total. The van der Waals surface area contributed by atoms with E-state index in [0.29, 0.717) is 12.5 Å². The first-order chi connectivity index (χ1) is 12.5. The summed E-state index contributed by atoms with van der Waals surface area (Å²) in [4.78, 5) is 6.81. The van der Waals surface area contributed by atoms with Crippen LogP contribution in [0.1, 0.15) is 24.5 Å². The molecule has 5 nitrogen and oxygen atoms in total. The molecule has 1 saturated heterocycles. The number of hydrogen-bond donors (Lipinski definition) is 2. The van der Waals surface area contributed by atoms with Gasteiger partial charge in [-0.15, -0.1) is 0 Å². The third kappa shape index (κ3) is 7.21. The lowest BCUT2D eigenvalue weighted by Gasteiger charge is -2.26. The Hall–Kier alpha value is -1.80. The van der Waals surface area contributed by atoms with E-state index in [2.05, 4.69) is 20.5 Å². The van der Waals surface area contributed by atoms with Crippen molar-refractivity contribution in [2.45, 2.75) is 26.1 Å². The van der Waals surface area contributed by atoms with Gasteiger partial charge in [0.2, 0.25) is 0 Å². The number of nitrogens with zero attached hydrogens (tertiary/aromatic N) is 2. The maximum Gasteiger partial charge on any atom is 0.416 e. The highest BCUT2D eigenvalue weighted by molar-refractivity contribution is 5.79. The van der Waals surface area contributed by atoms with Crippen LogP contribution in [0.2, 0.25) is 0 Å². The highest BCUT2D eigenvalue weighted by atomic mass is 19.4. The summed E-state index contributed by atoms with van der Waals surface area (Å²) in [6.45, 7) is 8.37. The van der Waals surface area contributed by atoms with Crippen molar-refractivity contribution >= 4 is 5.96 Å². The standard InChI is InChI=1S/C18H27F3N4O/c1-2-22-17(23-8-3-9-25-10-12-26-13-11-25)24-14-15-4-6-16(7-5-15)18(19,20)21/h4-7H,2-3,8-14H2,1H3,(H2,22,23,24). The molecule has 0 radical (unpaired) electrons. The van der Waals surface area contributed by atoms with Gasteiger partial charge in [0, 0.05) is 26.2 Å². The fourth-order valence-electron chi connectivity index (χ4n) is 2.65. The molecular weight excluding hydrogens is 345 g/mol. The van der Waals surface area contributed by atoms with Gasteiger partial charge in [0.05, 0.1) is 25.3 Å². The van der Waals surface area contributed by atoms with Crippen molar-refractivity contribution < 1.29 is 17.9 Å². The highest BCUT2D eigenvalue weighted by Gasteiger charge is 2.29. The summed E-state index contributed by atoms with van der Waals surface area (Å²) in [6, 6.07) is 5.11. The van der Waals surface area contributed by atoms with E-state index in [0.717, 1.165) is 70.1 Å². The lowest BCUT2D eigenvalue weighted by molar-refractivity contribution is -0.137. The van der Waals surface area contributed by atoms with Gasteiger partial charge < -0.3 is 15.4 Å². The number of ether oxygens (including phenoxy) is 1. The van der Waals surface area contributed by atoms with Crippen LogP contribution in [0.15, 0.2) is 29.3 Å². The average Bonchev–Trinajstić information content (AvgIpc) is 2.63. The molecule has 1 heterocycles. The van der Waals surface area contributed by atoms with Gasteiger partial charge >= 0.3 is 6.18 Å². The van der Waals surface area contributed by atoms with E-state index in [4.69, 9.17) is 4.74 Å². The SMILES string of the molecule is CCNC(=NCc1ccc(C(F)(F)F)cc1)NCCCN1CCOCC1. The second-order valence-corrected chi connectivity index (χ2v) is 6.12. The molecule has 1 aliphatic rings. The quantitative estimate of drug-likeness (QED) is 0.439. The molecule has 1 aromatic rings. The molecule has 8 heteroatoms. The zero-order valence-electron chi connectivity index (χ0n) is 15.1. The molecule has 0 amide bonds. The summed E-state index contributed by atoms with van der Waals surface area (Å²) in [6.07, 6.45) is -3.32. The summed E-state index contributed by atoms with van der Waals surface area (Å²) in [7, 11) is 0. The van der Waals surface area contributed by atoms with Crippen molar-refractivity contribution in [2.75, 3.05) is 45.9 Å². The number of morpholine rings is 1. The number of nitrogens with one attached hydrogen (secondary N) is 2. The van der Waals surface area contributed by atoms with Gasteiger partial charge in [-0.2, -0.15) is 13.2 Å². The maximum atomic E-state index is 12.6. The second kappa shape index (κ2) is 10.4. The van der Waals surface area contributed by atoms with Gasteiger partial charge in [0.1, 0.15) is 0 Å². The van der Waals surface area contributed by atoms with Crippen molar-refractivity contribution in [3.63, 3.8) is 0 Å². The second-order valence-electron chi connectivity index (χ2n) is 6.12. The Kier molecular flexibility index (Phi) is 8.18. The highest BCUT2D eigenvalue weighted by Crippen LogP contribution is 2.29. The van der Waals surface area contributed by atoms with E-state index < -0.39 is 11.7 Å².